The molecule has 1 fully saturated rings. The van der Waals surface area contributed by atoms with E-state index < -0.39 is 43.4 Å². The standard InChI is InChI=1S/C57H98O9/c1-3-5-7-9-11-13-15-17-19-21-23-25-27-29-31-33-35-37-39-41-43-45-47-63-49-51(50-64-57-56(62)55(61)54(60)52(48-58)66-57)65-53(59)46-44-42-40-38-36-34-32-30-28-26-24-22-20-18-16-14-12-10-8-6-4-2/h6,8,12,14,18,20-21,23-24,26,30,32,36,38,51-52,54-58,60-62H,3-5,7,9-11,13,15-17,19,22,25,27-29,31,33-35,37,39-50H2,1-2H3/b8-6-,14-12-,20-18-,23-21-,26-24-,32-30-,38-36-. The zero-order valence-electron chi connectivity index (χ0n) is 41.9. The first kappa shape index (κ1) is 61.4. The summed E-state index contributed by atoms with van der Waals surface area (Å²) in [5.41, 5.74) is 0. The van der Waals surface area contributed by atoms with Crippen LogP contribution in [-0.2, 0) is 23.7 Å². The van der Waals surface area contributed by atoms with Crippen LogP contribution in [0.1, 0.15) is 206 Å². The number of unbranched alkanes of at least 4 members (excludes halogenated alkanes) is 20. The highest BCUT2D eigenvalue weighted by Crippen LogP contribution is 2.23. The second-order valence-corrected chi connectivity index (χ2v) is 17.9. The summed E-state index contributed by atoms with van der Waals surface area (Å²) in [6, 6.07) is 0. The van der Waals surface area contributed by atoms with Crippen LogP contribution in [0.25, 0.3) is 0 Å². The summed E-state index contributed by atoms with van der Waals surface area (Å²) in [5.74, 6) is -0.357. The lowest BCUT2D eigenvalue weighted by atomic mass is 9.99. The van der Waals surface area contributed by atoms with Crippen LogP contribution in [0.15, 0.2) is 85.1 Å². The van der Waals surface area contributed by atoms with Crippen LogP contribution in [-0.4, -0.2) is 89.6 Å². The van der Waals surface area contributed by atoms with Crippen molar-refractivity contribution in [3.8, 4) is 0 Å². The van der Waals surface area contributed by atoms with Crippen LogP contribution in [0.2, 0.25) is 0 Å². The minimum atomic E-state index is -1.55. The number of hydrogen-bond acceptors (Lipinski definition) is 9. The molecule has 380 valence electrons. The van der Waals surface area contributed by atoms with E-state index in [-0.39, 0.29) is 25.6 Å². The van der Waals surface area contributed by atoms with Gasteiger partial charge in [0.15, 0.2) is 6.29 Å². The summed E-state index contributed by atoms with van der Waals surface area (Å²) in [7, 11) is 0. The Morgan fingerprint density at radius 3 is 1.41 bits per heavy atom. The third-order valence-corrected chi connectivity index (χ3v) is 11.8. The Hall–Kier alpha value is -2.63. The van der Waals surface area contributed by atoms with Crippen LogP contribution in [0.4, 0.5) is 0 Å². The lowest BCUT2D eigenvalue weighted by molar-refractivity contribution is -0.305. The van der Waals surface area contributed by atoms with Crippen LogP contribution < -0.4 is 0 Å². The third-order valence-electron chi connectivity index (χ3n) is 11.8. The van der Waals surface area contributed by atoms with Crippen LogP contribution in [0, 0.1) is 0 Å². The van der Waals surface area contributed by atoms with E-state index in [9.17, 15) is 25.2 Å². The van der Waals surface area contributed by atoms with Crippen molar-refractivity contribution in [2.45, 2.75) is 243 Å². The predicted molar refractivity (Wildman–Crippen MR) is 274 cm³/mol. The first-order chi connectivity index (χ1) is 32.4. The molecule has 4 N–H and O–H groups in total. The molecule has 1 heterocycles. The SMILES string of the molecule is CC/C=C\C/C=C\C/C=C\C/C=C\C/C=C\C/C=C\CCCCC(=O)OC(COCCCCCCCCCCCC/C=C\CCCCCCCCCC)COC1OC(CO)C(O)C(O)C1O. The lowest BCUT2D eigenvalue weighted by Gasteiger charge is -2.39. The summed E-state index contributed by atoms with van der Waals surface area (Å²) < 4.78 is 22.9. The second-order valence-electron chi connectivity index (χ2n) is 17.9. The average Bonchev–Trinajstić information content (AvgIpc) is 3.32. The second kappa shape index (κ2) is 47.4. The Kier molecular flexibility index (Phi) is 44.1. The summed E-state index contributed by atoms with van der Waals surface area (Å²) in [6.45, 7) is 4.39. The molecule has 9 nitrogen and oxygen atoms in total. The molecule has 0 spiro atoms. The fourth-order valence-electron chi connectivity index (χ4n) is 7.67. The molecule has 0 radical (unpaired) electrons. The van der Waals surface area contributed by atoms with Gasteiger partial charge in [-0.05, 0) is 89.9 Å². The number of esters is 1. The van der Waals surface area contributed by atoms with Gasteiger partial charge in [0.2, 0.25) is 0 Å². The highest BCUT2D eigenvalue weighted by molar-refractivity contribution is 5.69. The van der Waals surface area contributed by atoms with Crippen LogP contribution in [0.5, 0.6) is 0 Å². The topological polar surface area (TPSA) is 135 Å². The molecule has 1 aliphatic heterocycles. The molecule has 1 rings (SSSR count). The van der Waals surface area contributed by atoms with Crippen LogP contribution >= 0.6 is 0 Å². The van der Waals surface area contributed by atoms with Crippen molar-refractivity contribution in [3.05, 3.63) is 85.1 Å². The molecule has 0 aromatic rings. The summed E-state index contributed by atoms with van der Waals surface area (Å²) >= 11 is 0. The molecule has 0 amide bonds. The Balaban J connectivity index is 2.24. The first-order valence-corrected chi connectivity index (χ1v) is 26.7. The smallest absolute Gasteiger partial charge is 0.306 e. The minimum Gasteiger partial charge on any atom is -0.457 e. The van der Waals surface area contributed by atoms with Gasteiger partial charge in [0, 0.05) is 13.0 Å². The predicted octanol–water partition coefficient (Wildman–Crippen LogP) is 13.4. The Morgan fingerprint density at radius 1 is 0.500 bits per heavy atom. The fraction of sp³-hybridized carbons (Fsp3) is 0.737. The molecular weight excluding hydrogens is 829 g/mol. The number of rotatable bonds is 45. The number of carbonyl (C=O) groups is 1. The van der Waals surface area contributed by atoms with Crippen molar-refractivity contribution >= 4 is 5.97 Å². The molecule has 9 heteroatoms. The van der Waals surface area contributed by atoms with Gasteiger partial charge in [-0.1, -0.05) is 195 Å². The van der Waals surface area contributed by atoms with E-state index in [0.29, 0.717) is 13.0 Å². The van der Waals surface area contributed by atoms with Crippen molar-refractivity contribution in [2.75, 3.05) is 26.4 Å². The van der Waals surface area contributed by atoms with Gasteiger partial charge in [-0.2, -0.15) is 0 Å². The molecule has 66 heavy (non-hydrogen) atoms. The minimum absolute atomic E-state index is 0.122. The van der Waals surface area contributed by atoms with E-state index in [1.54, 1.807) is 0 Å². The monoisotopic (exact) mass is 927 g/mol. The van der Waals surface area contributed by atoms with E-state index >= 15 is 0 Å². The maximum absolute atomic E-state index is 12.8. The maximum atomic E-state index is 12.8. The Morgan fingerprint density at radius 2 is 0.924 bits per heavy atom. The molecule has 0 aromatic heterocycles. The highest BCUT2D eigenvalue weighted by Gasteiger charge is 2.44. The molecule has 1 aliphatic rings. The van der Waals surface area contributed by atoms with Gasteiger partial charge in [0.25, 0.3) is 0 Å². The number of aliphatic hydroxyl groups excluding tert-OH is 4. The third kappa shape index (κ3) is 37.4. The normalized spacial score (nSPS) is 20.0. The summed E-state index contributed by atoms with van der Waals surface area (Å²) in [5, 5.41) is 40.3. The summed E-state index contributed by atoms with van der Waals surface area (Å²) in [6.07, 6.45) is 57.6. The lowest BCUT2D eigenvalue weighted by Crippen LogP contribution is -2.59. The van der Waals surface area contributed by atoms with Crippen molar-refractivity contribution < 1.29 is 44.2 Å². The largest absolute Gasteiger partial charge is 0.457 e. The molecule has 0 saturated carbocycles. The van der Waals surface area contributed by atoms with E-state index in [1.807, 2.05) is 0 Å². The van der Waals surface area contributed by atoms with Gasteiger partial charge in [-0.25, -0.2) is 0 Å². The van der Waals surface area contributed by atoms with Crippen molar-refractivity contribution in [3.63, 3.8) is 0 Å². The molecule has 0 bridgehead atoms. The molecule has 0 aromatic carbocycles. The van der Waals surface area contributed by atoms with Gasteiger partial charge in [0.1, 0.15) is 30.5 Å². The zero-order valence-corrected chi connectivity index (χ0v) is 41.9. The zero-order chi connectivity index (χ0) is 47.8. The average molecular weight is 927 g/mol. The number of aliphatic hydroxyl groups is 4. The van der Waals surface area contributed by atoms with Crippen LogP contribution in [0.3, 0.4) is 0 Å². The molecular formula is C57H98O9. The number of carbonyl (C=O) groups excluding carboxylic acids is 1. The quantitative estimate of drug-likeness (QED) is 0.0267. The fourth-order valence-corrected chi connectivity index (χ4v) is 7.67. The van der Waals surface area contributed by atoms with Gasteiger partial charge in [-0.15, -0.1) is 0 Å². The Bertz CT molecular complexity index is 1280. The van der Waals surface area contributed by atoms with E-state index in [2.05, 4.69) is 98.9 Å². The maximum Gasteiger partial charge on any atom is 0.306 e. The van der Waals surface area contributed by atoms with E-state index in [1.165, 1.54) is 116 Å². The molecule has 0 aliphatic carbocycles. The number of hydrogen-bond donors (Lipinski definition) is 4. The molecule has 6 unspecified atom stereocenters. The van der Waals surface area contributed by atoms with Crippen molar-refractivity contribution in [1.82, 2.24) is 0 Å². The molecule has 1 saturated heterocycles. The first-order valence-electron chi connectivity index (χ1n) is 26.7. The summed E-state index contributed by atoms with van der Waals surface area (Å²) in [4.78, 5) is 12.8. The van der Waals surface area contributed by atoms with Crippen molar-refractivity contribution in [2.24, 2.45) is 0 Å². The van der Waals surface area contributed by atoms with E-state index in [4.69, 9.17) is 18.9 Å². The van der Waals surface area contributed by atoms with Gasteiger partial charge >= 0.3 is 5.97 Å². The molecule has 6 atom stereocenters. The van der Waals surface area contributed by atoms with Gasteiger partial charge in [-0.3, -0.25) is 4.79 Å². The Labute approximate surface area is 403 Å². The number of ether oxygens (including phenoxy) is 4. The van der Waals surface area contributed by atoms with Crippen molar-refractivity contribution in [1.29, 1.82) is 0 Å². The van der Waals surface area contributed by atoms with Gasteiger partial charge < -0.3 is 39.4 Å². The van der Waals surface area contributed by atoms with E-state index in [0.717, 1.165) is 64.2 Å². The number of allylic oxidation sites excluding steroid dienone is 14. The van der Waals surface area contributed by atoms with Gasteiger partial charge in [0.05, 0.1) is 19.8 Å². The highest BCUT2D eigenvalue weighted by atomic mass is 16.7.